The molecule has 0 bridgehead atoms. The summed E-state index contributed by atoms with van der Waals surface area (Å²) < 4.78 is 32.4. The molecule has 0 aliphatic heterocycles. The van der Waals surface area contributed by atoms with Crippen molar-refractivity contribution in [2.24, 2.45) is 14.1 Å². The van der Waals surface area contributed by atoms with Gasteiger partial charge < -0.3 is 10.5 Å². The minimum Gasteiger partial charge on any atom is -0.435 e. The molecule has 2 N–H and O–H groups in total. The second-order valence-corrected chi connectivity index (χ2v) is 8.54. The van der Waals surface area contributed by atoms with Crippen LogP contribution < -0.4 is 27.3 Å². The first-order chi connectivity index (χ1) is 17.1. The molecule has 0 radical (unpaired) electrons. The van der Waals surface area contributed by atoms with Gasteiger partial charge in [-0.15, -0.1) is 0 Å². The number of para-hydroxylation sites is 1. The van der Waals surface area contributed by atoms with Gasteiger partial charge in [-0.3, -0.25) is 28.1 Å². The third-order valence-corrected chi connectivity index (χ3v) is 6.32. The van der Waals surface area contributed by atoms with Crippen molar-refractivity contribution >= 4 is 34.3 Å². The number of carbonyl (C=O) groups excluding carboxylic acids is 1. The quantitative estimate of drug-likeness (QED) is 0.225. The minimum atomic E-state index is -3.00. The third-order valence-electron chi connectivity index (χ3n) is 5.39. The topological polar surface area (TPSA) is 131 Å². The Morgan fingerprint density at radius 2 is 1.69 bits per heavy atom. The van der Waals surface area contributed by atoms with E-state index >= 15 is 0 Å². The van der Waals surface area contributed by atoms with Gasteiger partial charge in [-0.1, -0.05) is 23.9 Å². The van der Waals surface area contributed by atoms with Crippen LogP contribution in [0.2, 0.25) is 0 Å². The number of anilines is 1. The Morgan fingerprint density at radius 1 is 1.03 bits per heavy atom. The maximum atomic E-state index is 13.3. The van der Waals surface area contributed by atoms with Gasteiger partial charge in [0.05, 0.1) is 22.3 Å². The van der Waals surface area contributed by atoms with Crippen molar-refractivity contribution in [2.45, 2.75) is 11.8 Å². The molecule has 186 valence electrons. The fraction of sp³-hybridized carbons (Fsp3) is 0.174. The van der Waals surface area contributed by atoms with Crippen molar-refractivity contribution < 1.29 is 18.3 Å². The monoisotopic (exact) mass is 515 g/mol. The molecular formula is C23H19F2N5O5S. The average molecular weight is 515 g/mol. The van der Waals surface area contributed by atoms with Crippen LogP contribution in [0.25, 0.3) is 16.6 Å². The highest BCUT2D eigenvalue weighted by atomic mass is 32.2. The first kappa shape index (κ1) is 24.9. The van der Waals surface area contributed by atoms with Gasteiger partial charge in [0.15, 0.2) is 10.9 Å². The molecule has 10 nitrogen and oxygen atoms in total. The molecule has 2 aromatic carbocycles. The zero-order valence-electron chi connectivity index (χ0n) is 19.0. The molecule has 0 amide bonds. The van der Waals surface area contributed by atoms with Gasteiger partial charge in [0.1, 0.15) is 17.1 Å². The molecule has 0 aliphatic rings. The molecule has 2 aromatic heterocycles. The number of Topliss-reactive ketones (excluding diaryl/α,β-unsaturated/α-hetero) is 1. The fourth-order valence-electron chi connectivity index (χ4n) is 3.54. The fourth-order valence-corrected chi connectivity index (χ4v) is 4.42. The van der Waals surface area contributed by atoms with E-state index in [1.54, 1.807) is 24.3 Å². The van der Waals surface area contributed by atoms with Crippen LogP contribution in [0.4, 0.5) is 14.6 Å². The van der Waals surface area contributed by atoms with E-state index < -0.39 is 29.2 Å². The minimum absolute atomic E-state index is 0.0964. The van der Waals surface area contributed by atoms with Gasteiger partial charge >= 0.3 is 12.3 Å². The number of benzene rings is 2. The lowest BCUT2D eigenvalue weighted by atomic mass is 10.2. The van der Waals surface area contributed by atoms with E-state index in [-0.39, 0.29) is 28.0 Å². The Morgan fingerprint density at radius 3 is 2.36 bits per heavy atom. The predicted octanol–water partition coefficient (Wildman–Crippen LogP) is 1.94. The van der Waals surface area contributed by atoms with E-state index in [0.29, 0.717) is 16.6 Å². The summed E-state index contributed by atoms with van der Waals surface area (Å²) in [6.45, 7) is -3.00. The SMILES string of the molecule is Cn1c(N)c(C(=O)CSc2nc3ccccc3c(=O)n2-c2ccc(OC(F)F)cc2)c(=O)n(C)c1=O. The number of ketones is 1. The Balaban J connectivity index is 1.77. The first-order valence-corrected chi connectivity index (χ1v) is 11.4. The summed E-state index contributed by atoms with van der Waals surface area (Å²) in [6, 6.07) is 11.9. The Labute approximate surface area is 205 Å². The molecule has 2 heterocycles. The summed E-state index contributed by atoms with van der Waals surface area (Å²) in [4.78, 5) is 55.4. The third kappa shape index (κ3) is 4.52. The number of aromatic nitrogens is 4. The van der Waals surface area contributed by atoms with Crippen molar-refractivity contribution in [3.63, 3.8) is 0 Å². The number of nitrogens with two attached hydrogens (primary N) is 1. The lowest BCUT2D eigenvalue weighted by Gasteiger charge is -2.14. The van der Waals surface area contributed by atoms with Gasteiger partial charge in [0, 0.05) is 14.1 Å². The lowest BCUT2D eigenvalue weighted by molar-refractivity contribution is -0.0498. The van der Waals surface area contributed by atoms with Gasteiger partial charge in [-0.05, 0) is 36.4 Å². The van der Waals surface area contributed by atoms with E-state index in [1.807, 2.05) is 0 Å². The van der Waals surface area contributed by atoms with Gasteiger partial charge in [0.2, 0.25) is 0 Å². The summed E-state index contributed by atoms with van der Waals surface area (Å²) in [5.41, 5.74) is 4.24. The Kier molecular flexibility index (Phi) is 6.75. The molecule has 13 heteroatoms. The normalized spacial score (nSPS) is 11.2. The number of hydrogen-bond acceptors (Lipinski definition) is 8. The number of halogens is 2. The second-order valence-electron chi connectivity index (χ2n) is 7.60. The number of ether oxygens (including phenoxy) is 1. The number of alkyl halides is 2. The molecular weight excluding hydrogens is 496 g/mol. The highest BCUT2D eigenvalue weighted by Crippen LogP contribution is 2.24. The second kappa shape index (κ2) is 9.77. The smallest absolute Gasteiger partial charge is 0.387 e. The standard InChI is InChI=1S/C23H19F2N5O5S/c1-28-18(26)17(20(33)29(2)23(28)34)16(31)11-36-22-27-15-6-4-3-5-14(15)19(32)30(22)12-7-9-13(10-8-12)35-21(24)25/h3-10,21H,11,26H2,1-2H3. The van der Waals surface area contributed by atoms with Crippen LogP contribution in [-0.4, -0.2) is 36.8 Å². The largest absolute Gasteiger partial charge is 0.435 e. The molecule has 0 spiro atoms. The number of carbonyl (C=O) groups is 1. The molecule has 0 saturated carbocycles. The lowest BCUT2D eigenvalue weighted by Crippen LogP contribution is -2.41. The predicted molar refractivity (Wildman–Crippen MR) is 130 cm³/mol. The molecule has 0 unspecified atom stereocenters. The number of nitrogen functional groups attached to an aromatic ring is 1. The van der Waals surface area contributed by atoms with Crippen LogP contribution >= 0.6 is 11.8 Å². The molecule has 0 aliphatic carbocycles. The number of thioether (sulfide) groups is 1. The average Bonchev–Trinajstić information content (AvgIpc) is 2.85. The van der Waals surface area contributed by atoms with Crippen molar-refractivity contribution in [3.8, 4) is 11.4 Å². The molecule has 0 saturated heterocycles. The van der Waals surface area contributed by atoms with E-state index in [4.69, 9.17) is 5.73 Å². The number of fused-ring (bicyclic) bond motifs is 1. The highest BCUT2D eigenvalue weighted by molar-refractivity contribution is 7.99. The maximum absolute atomic E-state index is 13.3. The number of nitrogens with zero attached hydrogens (tertiary/aromatic N) is 4. The van der Waals surface area contributed by atoms with Crippen molar-refractivity contribution in [1.82, 2.24) is 18.7 Å². The molecule has 4 rings (SSSR count). The maximum Gasteiger partial charge on any atom is 0.387 e. The summed E-state index contributed by atoms with van der Waals surface area (Å²) in [5, 5.41) is 0.423. The van der Waals surface area contributed by atoms with Gasteiger partial charge in [0.25, 0.3) is 11.1 Å². The Bertz CT molecular complexity index is 1660. The van der Waals surface area contributed by atoms with Gasteiger partial charge in [-0.25, -0.2) is 9.78 Å². The van der Waals surface area contributed by atoms with Crippen LogP contribution in [0.15, 0.2) is 68.1 Å². The number of hydrogen-bond donors (Lipinski definition) is 1. The summed E-state index contributed by atoms with van der Waals surface area (Å²) in [6.07, 6.45) is 0. The molecule has 36 heavy (non-hydrogen) atoms. The summed E-state index contributed by atoms with van der Waals surface area (Å²) >= 11 is 0.882. The summed E-state index contributed by atoms with van der Waals surface area (Å²) in [5.74, 6) is -1.36. The molecule has 0 fully saturated rings. The van der Waals surface area contributed by atoms with Crippen LogP contribution in [0.3, 0.4) is 0 Å². The number of rotatable bonds is 7. The van der Waals surface area contributed by atoms with Crippen molar-refractivity contribution in [1.29, 1.82) is 0 Å². The van der Waals surface area contributed by atoms with E-state index in [1.165, 1.54) is 42.9 Å². The zero-order chi connectivity index (χ0) is 26.1. The van der Waals surface area contributed by atoms with Crippen molar-refractivity contribution in [2.75, 3.05) is 11.5 Å². The van der Waals surface area contributed by atoms with Gasteiger partial charge in [-0.2, -0.15) is 8.78 Å². The molecule has 0 atom stereocenters. The molecule has 4 aromatic rings. The summed E-state index contributed by atoms with van der Waals surface area (Å²) in [7, 11) is 2.57. The van der Waals surface area contributed by atoms with Crippen LogP contribution in [0, 0.1) is 0 Å². The first-order valence-electron chi connectivity index (χ1n) is 10.4. The van der Waals surface area contributed by atoms with E-state index in [9.17, 15) is 28.0 Å². The van der Waals surface area contributed by atoms with Crippen LogP contribution in [-0.2, 0) is 14.1 Å². The van der Waals surface area contributed by atoms with Crippen LogP contribution in [0.1, 0.15) is 10.4 Å². The van der Waals surface area contributed by atoms with E-state index in [2.05, 4.69) is 9.72 Å². The Hall–Kier alpha value is -4.26. The van der Waals surface area contributed by atoms with Crippen LogP contribution in [0.5, 0.6) is 5.75 Å². The van der Waals surface area contributed by atoms with E-state index in [0.717, 1.165) is 20.9 Å². The zero-order valence-corrected chi connectivity index (χ0v) is 19.8. The van der Waals surface area contributed by atoms with Crippen molar-refractivity contribution in [3.05, 3.63) is 85.3 Å². The highest BCUT2D eigenvalue weighted by Gasteiger charge is 2.22.